The second kappa shape index (κ2) is 6.29. The number of rotatable bonds is 4. The van der Waals surface area contributed by atoms with Crippen molar-refractivity contribution in [3.8, 4) is 0 Å². The number of hydrogen-bond donors (Lipinski definition) is 1. The van der Waals surface area contributed by atoms with Crippen molar-refractivity contribution in [1.82, 2.24) is 0 Å². The van der Waals surface area contributed by atoms with E-state index in [1.165, 1.54) is 0 Å². The minimum Gasteiger partial charge on any atom is -0.362 e. The van der Waals surface area contributed by atoms with Crippen molar-refractivity contribution < 1.29 is 31.5 Å². The molecule has 106 valence electrons. The molecule has 1 aromatic rings. The maximum Gasteiger partial charge on any atom is 0.411 e. The summed E-state index contributed by atoms with van der Waals surface area (Å²) < 4.78 is 65.4. The lowest BCUT2D eigenvalue weighted by Gasteiger charge is -2.09. The van der Waals surface area contributed by atoms with E-state index in [0.717, 1.165) is 6.07 Å². The third-order valence-corrected chi connectivity index (χ3v) is 2.39. The molecular weight excluding hydrogens is 341 g/mol. The van der Waals surface area contributed by atoms with Gasteiger partial charge in [0.05, 0.1) is 10.2 Å². The summed E-state index contributed by atoms with van der Waals surface area (Å²) >= 11 is 2.73. The molecule has 1 rings (SSSR count). The Bertz CT molecular complexity index is 478. The summed E-state index contributed by atoms with van der Waals surface area (Å²) in [6.45, 7) is -2.52. The molecule has 0 bridgehead atoms. The number of alkyl halides is 3. The van der Waals surface area contributed by atoms with Crippen LogP contribution >= 0.6 is 15.9 Å². The Morgan fingerprint density at radius 2 is 1.89 bits per heavy atom. The van der Waals surface area contributed by atoms with Gasteiger partial charge < -0.3 is 10.1 Å². The number of ether oxygens (including phenoxy) is 1. The maximum absolute atomic E-state index is 13.3. The molecule has 1 N–H and O–H groups in total. The third-order valence-electron chi connectivity index (χ3n) is 1.78. The zero-order valence-corrected chi connectivity index (χ0v) is 10.7. The van der Waals surface area contributed by atoms with E-state index < -0.39 is 42.6 Å². The predicted molar refractivity (Wildman–Crippen MR) is 59.6 cm³/mol. The van der Waals surface area contributed by atoms with E-state index in [1.807, 2.05) is 5.32 Å². The van der Waals surface area contributed by atoms with Gasteiger partial charge in [0.1, 0.15) is 24.8 Å². The molecule has 0 spiro atoms. The van der Waals surface area contributed by atoms with Gasteiger partial charge in [0.25, 0.3) is 0 Å². The van der Waals surface area contributed by atoms with Crippen molar-refractivity contribution in [3.05, 3.63) is 28.2 Å². The summed E-state index contributed by atoms with van der Waals surface area (Å²) in [6.07, 6.45) is -4.56. The number of hydrogen-bond acceptors (Lipinski definition) is 2. The SMILES string of the molecule is O=C(COCC(F)(F)F)Nc1cc(F)c(Br)cc1F. The molecule has 0 unspecified atom stereocenters. The molecule has 19 heavy (non-hydrogen) atoms. The van der Waals surface area contributed by atoms with Gasteiger partial charge in [-0.1, -0.05) is 0 Å². The van der Waals surface area contributed by atoms with Crippen LogP contribution in [-0.2, 0) is 9.53 Å². The molecule has 0 heterocycles. The van der Waals surface area contributed by atoms with Crippen molar-refractivity contribution in [3.63, 3.8) is 0 Å². The van der Waals surface area contributed by atoms with Gasteiger partial charge in [-0.15, -0.1) is 0 Å². The number of halogens is 6. The van der Waals surface area contributed by atoms with E-state index in [2.05, 4.69) is 20.7 Å². The van der Waals surface area contributed by atoms with Crippen LogP contribution in [0.4, 0.5) is 27.6 Å². The van der Waals surface area contributed by atoms with Crippen LogP contribution in [-0.4, -0.2) is 25.3 Å². The molecule has 0 saturated carbocycles. The Labute approximate surface area is 112 Å². The molecule has 1 amide bonds. The van der Waals surface area contributed by atoms with Gasteiger partial charge in [-0.25, -0.2) is 8.78 Å². The normalized spacial score (nSPS) is 11.5. The summed E-state index contributed by atoms with van der Waals surface area (Å²) in [5.74, 6) is -2.78. The summed E-state index contributed by atoms with van der Waals surface area (Å²) in [7, 11) is 0. The van der Waals surface area contributed by atoms with Crippen molar-refractivity contribution in [2.75, 3.05) is 18.5 Å². The molecule has 0 fully saturated rings. The highest BCUT2D eigenvalue weighted by molar-refractivity contribution is 9.10. The van der Waals surface area contributed by atoms with Crippen molar-refractivity contribution >= 4 is 27.5 Å². The first-order valence-corrected chi connectivity index (χ1v) is 5.57. The van der Waals surface area contributed by atoms with Gasteiger partial charge in [-0.2, -0.15) is 13.2 Å². The zero-order valence-electron chi connectivity index (χ0n) is 9.15. The number of carbonyl (C=O) groups is 1. The fourth-order valence-electron chi connectivity index (χ4n) is 1.06. The highest BCUT2D eigenvalue weighted by atomic mass is 79.9. The van der Waals surface area contributed by atoms with Crippen LogP contribution < -0.4 is 5.32 Å². The predicted octanol–water partition coefficient (Wildman–Crippen LogP) is 3.24. The lowest BCUT2D eigenvalue weighted by molar-refractivity contribution is -0.174. The van der Waals surface area contributed by atoms with E-state index in [4.69, 9.17) is 0 Å². The Kier molecular flexibility index (Phi) is 5.24. The number of benzene rings is 1. The second-order valence-corrected chi connectivity index (χ2v) is 4.26. The van der Waals surface area contributed by atoms with Crippen LogP contribution in [0.1, 0.15) is 0 Å². The number of nitrogens with one attached hydrogen (secondary N) is 1. The van der Waals surface area contributed by atoms with Gasteiger partial charge in [0.15, 0.2) is 0 Å². The van der Waals surface area contributed by atoms with Gasteiger partial charge in [0.2, 0.25) is 5.91 Å². The molecule has 0 aromatic heterocycles. The zero-order chi connectivity index (χ0) is 14.6. The number of carbonyl (C=O) groups excluding carboxylic acids is 1. The van der Waals surface area contributed by atoms with Gasteiger partial charge in [-0.05, 0) is 22.0 Å². The first-order chi connectivity index (χ1) is 8.69. The number of anilines is 1. The monoisotopic (exact) mass is 347 g/mol. The van der Waals surface area contributed by atoms with Crippen molar-refractivity contribution in [2.45, 2.75) is 6.18 Å². The maximum atomic E-state index is 13.3. The summed E-state index contributed by atoms with van der Waals surface area (Å²) in [5, 5.41) is 1.90. The van der Waals surface area contributed by atoms with Crippen LogP contribution in [0, 0.1) is 11.6 Å². The first-order valence-electron chi connectivity index (χ1n) is 4.78. The van der Waals surface area contributed by atoms with Crippen LogP contribution in [0.15, 0.2) is 16.6 Å². The molecule has 0 saturated heterocycles. The minimum absolute atomic E-state index is 0.142. The molecular formula is C10H7BrF5NO2. The molecule has 0 aliphatic rings. The lowest BCUT2D eigenvalue weighted by atomic mass is 10.3. The summed E-state index contributed by atoms with van der Waals surface area (Å²) in [6, 6.07) is 1.47. The highest BCUT2D eigenvalue weighted by Gasteiger charge is 2.27. The fourth-order valence-corrected chi connectivity index (χ4v) is 1.38. The molecule has 0 atom stereocenters. The Morgan fingerprint density at radius 1 is 1.26 bits per heavy atom. The van der Waals surface area contributed by atoms with E-state index in [0.29, 0.717) is 6.07 Å². The molecule has 9 heteroatoms. The largest absolute Gasteiger partial charge is 0.411 e. The van der Waals surface area contributed by atoms with Gasteiger partial charge >= 0.3 is 6.18 Å². The molecule has 0 radical (unpaired) electrons. The topological polar surface area (TPSA) is 38.3 Å². The molecule has 3 nitrogen and oxygen atoms in total. The van der Waals surface area contributed by atoms with E-state index >= 15 is 0 Å². The van der Waals surface area contributed by atoms with E-state index in [9.17, 15) is 26.7 Å². The molecule has 0 aliphatic carbocycles. The van der Waals surface area contributed by atoms with E-state index in [1.54, 1.807) is 0 Å². The van der Waals surface area contributed by atoms with Crippen LogP contribution in [0.3, 0.4) is 0 Å². The second-order valence-electron chi connectivity index (χ2n) is 3.40. The molecule has 0 aliphatic heterocycles. The van der Waals surface area contributed by atoms with Crippen LogP contribution in [0.2, 0.25) is 0 Å². The van der Waals surface area contributed by atoms with Crippen molar-refractivity contribution in [2.24, 2.45) is 0 Å². The quantitative estimate of drug-likeness (QED) is 0.670. The minimum atomic E-state index is -4.56. The van der Waals surface area contributed by atoms with Gasteiger partial charge in [-0.3, -0.25) is 4.79 Å². The Hall–Kier alpha value is -1.22. The third kappa shape index (κ3) is 5.52. The summed E-state index contributed by atoms with van der Waals surface area (Å²) in [5.41, 5.74) is -0.485. The molecule has 1 aromatic carbocycles. The Morgan fingerprint density at radius 3 is 2.47 bits per heavy atom. The van der Waals surface area contributed by atoms with Crippen LogP contribution in [0.25, 0.3) is 0 Å². The standard InChI is InChI=1S/C10H7BrF5NO2/c11-5-1-7(13)8(2-6(5)12)17-9(18)3-19-4-10(14,15)16/h1-2H,3-4H2,(H,17,18). The van der Waals surface area contributed by atoms with Crippen LogP contribution in [0.5, 0.6) is 0 Å². The fraction of sp³-hybridized carbons (Fsp3) is 0.300. The number of amides is 1. The van der Waals surface area contributed by atoms with Gasteiger partial charge in [0, 0.05) is 6.07 Å². The highest BCUT2D eigenvalue weighted by Crippen LogP contribution is 2.23. The smallest absolute Gasteiger partial charge is 0.362 e. The summed E-state index contributed by atoms with van der Waals surface area (Å²) in [4.78, 5) is 11.1. The first kappa shape index (κ1) is 15.8. The Balaban J connectivity index is 2.56. The average molecular weight is 348 g/mol. The van der Waals surface area contributed by atoms with E-state index in [-0.39, 0.29) is 4.47 Å². The average Bonchev–Trinajstić information content (AvgIpc) is 2.24. The van der Waals surface area contributed by atoms with Crippen molar-refractivity contribution in [1.29, 1.82) is 0 Å². The lowest BCUT2D eigenvalue weighted by Crippen LogP contribution is -2.24.